The van der Waals surface area contributed by atoms with Crippen molar-refractivity contribution < 1.29 is 0 Å². The van der Waals surface area contributed by atoms with E-state index in [2.05, 4.69) is 116 Å². The fourth-order valence-corrected chi connectivity index (χ4v) is 10.2. The lowest BCUT2D eigenvalue weighted by molar-refractivity contribution is 1.12. The maximum absolute atomic E-state index is 11.9. The van der Waals surface area contributed by atoms with Crippen molar-refractivity contribution in [1.29, 1.82) is 21.0 Å². The van der Waals surface area contributed by atoms with E-state index >= 15 is 0 Å². The molecule has 0 N–H and O–H groups in total. The summed E-state index contributed by atoms with van der Waals surface area (Å²) in [6.45, 7) is 15.2. The van der Waals surface area contributed by atoms with E-state index in [1.807, 2.05) is 127 Å². The molecule has 74 heavy (non-hydrogen) atoms. The van der Waals surface area contributed by atoms with Crippen LogP contribution in [0.5, 0.6) is 0 Å². The molecule has 0 fully saturated rings. The van der Waals surface area contributed by atoms with Gasteiger partial charge in [-0.25, -0.2) is 9.69 Å². The first-order valence-corrected chi connectivity index (χ1v) is 23.6. The molecule has 12 rings (SSSR count). The molecule has 2 aromatic heterocycles. The first-order chi connectivity index (χ1) is 36.4. The summed E-state index contributed by atoms with van der Waals surface area (Å²) in [7, 11) is 0. The van der Waals surface area contributed by atoms with Gasteiger partial charge in [0.1, 0.15) is 11.6 Å². The first-order valence-electron chi connectivity index (χ1n) is 23.6. The lowest BCUT2D eigenvalue weighted by Gasteiger charge is -2.19. The van der Waals surface area contributed by atoms with E-state index in [-0.39, 0.29) is 0 Å². The number of aromatic nitrogens is 2. The Balaban J connectivity index is 1.22. The molecule has 338 valence electrons. The van der Waals surface area contributed by atoms with Crippen LogP contribution in [0.2, 0.25) is 0 Å². The van der Waals surface area contributed by atoms with Crippen LogP contribution in [0.1, 0.15) is 22.3 Å². The van der Waals surface area contributed by atoms with E-state index in [0.29, 0.717) is 45.0 Å². The van der Waals surface area contributed by atoms with Crippen LogP contribution in [0.25, 0.3) is 120 Å². The van der Waals surface area contributed by atoms with Crippen LogP contribution in [-0.2, 0) is 0 Å². The van der Waals surface area contributed by atoms with Crippen LogP contribution in [0.15, 0.2) is 206 Å². The van der Waals surface area contributed by atoms with Gasteiger partial charge in [-0.05, 0) is 128 Å². The van der Waals surface area contributed by atoms with E-state index in [0.717, 1.165) is 99.2 Å². The molecule has 0 aliphatic rings. The maximum Gasteiger partial charge on any atom is 0.187 e. The molecule has 8 heteroatoms. The molecule has 0 amide bonds. The van der Waals surface area contributed by atoms with Crippen LogP contribution in [-0.4, -0.2) is 9.13 Å². The van der Waals surface area contributed by atoms with Gasteiger partial charge in [0.25, 0.3) is 0 Å². The van der Waals surface area contributed by atoms with Crippen molar-refractivity contribution >= 4 is 55.0 Å². The summed E-state index contributed by atoms with van der Waals surface area (Å²) < 4.78 is 4.35. The van der Waals surface area contributed by atoms with E-state index < -0.39 is 0 Å². The Morgan fingerprint density at radius 3 is 0.946 bits per heavy atom. The molecule has 12 aromatic rings. The first kappa shape index (κ1) is 44.0. The van der Waals surface area contributed by atoms with Crippen molar-refractivity contribution in [2.75, 3.05) is 0 Å². The normalized spacial score (nSPS) is 10.9. The van der Waals surface area contributed by atoms with E-state index in [4.69, 9.17) is 13.1 Å². The van der Waals surface area contributed by atoms with Gasteiger partial charge in [-0.2, -0.15) is 21.0 Å². The molecule has 0 radical (unpaired) electrons. The molecule has 0 aliphatic carbocycles. The number of hydrogen-bond acceptors (Lipinski definition) is 4. The van der Waals surface area contributed by atoms with Crippen LogP contribution >= 0.6 is 0 Å². The quantitative estimate of drug-likeness (QED) is 0.148. The molecule has 8 nitrogen and oxygen atoms in total. The topological polar surface area (TPSA) is 114 Å². The predicted octanol–water partition coefficient (Wildman–Crippen LogP) is 16.8. The average molecular weight is 939 g/mol. The van der Waals surface area contributed by atoms with Gasteiger partial charge in [0.2, 0.25) is 0 Å². The molecular formula is C66H34N8. The van der Waals surface area contributed by atoms with E-state index in [1.54, 1.807) is 6.07 Å². The predicted molar refractivity (Wildman–Crippen MR) is 294 cm³/mol. The van der Waals surface area contributed by atoms with Gasteiger partial charge in [-0.1, -0.05) is 133 Å². The smallest absolute Gasteiger partial charge is 0.187 e. The van der Waals surface area contributed by atoms with Crippen molar-refractivity contribution in [1.82, 2.24) is 9.13 Å². The van der Waals surface area contributed by atoms with Gasteiger partial charge in [-0.3, -0.25) is 0 Å². The Morgan fingerprint density at radius 2 is 0.622 bits per heavy atom. The van der Waals surface area contributed by atoms with E-state index in [1.165, 1.54) is 0 Å². The van der Waals surface area contributed by atoms with Crippen LogP contribution in [0, 0.1) is 58.5 Å². The highest BCUT2D eigenvalue weighted by molar-refractivity contribution is 6.13. The number of nitriles is 4. The molecular weight excluding hydrogens is 905 g/mol. The third-order valence-corrected chi connectivity index (χ3v) is 13.9. The summed E-state index contributed by atoms with van der Waals surface area (Å²) in [4.78, 5) is 7.25. The third kappa shape index (κ3) is 7.44. The molecule has 10 aromatic carbocycles. The summed E-state index contributed by atoms with van der Waals surface area (Å²) in [5, 5.41) is 45.3. The van der Waals surface area contributed by atoms with Crippen molar-refractivity contribution in [2.24, 2.45) is 0 Å². The summed E-state index contributed by atoms with van der Waals surface area (Å²) >= 11 is 0. The molecule has 0 aliphatic heterocycles. The number of hydrogen-bond donors (Lipinski definition) is 0. The summed E-state index contributed by atoms with van der Waals surface area (Å²) in [6, 6.07) is 76.6. The molecule has 0 atom stereocenters. The average Bonchev–Trinajstić information content (AvgIpc) is 3.97. The molecule has 0 unspecified atom stereocenters. The minimum atomic E-state index is 0.397. The third-order valence-electron chi connectivity index (χ3n) is 13.9. The SMILES string of the molecule is [C-]#[N+]c1ccc(-c2ccc3c4ccc(-c5ccc(C#N)cc5)cc4n(-c4cc(-c5cccc(C#N)c5)cc(-n5c6cc(-c7ccc(C#N)cc7)ccc6c6ccc(-c7ccc([N+]#[C-])cc7)cc65)c4C#N)c3c2)cc1. The van der Waals surface area contributed by atoms with Gasteiger partial charge in [0, 0.05) is 21.5 Å². The number of fused-ring (bicyclic) bond motifs is 6. The molecule has 0 saturated heterocycles. The van der Waals surface area contributed by atoms with Gasteiger partial charge < -0.3 is 9.13 Å². The monoisotopic (exact) mass is 938 g/mol. The number of benzene rings is 10. The molecule has 0 bridgehead atoms. The minimum Gasteiger partial charge on any atom is -0.308 e. The minimum absolute atomic E-state index is 0.397. The second-order valence-electron chi connectivity index (χ2n) is 18.0. The van der Waals surface area contributed by atoms with Crippen molar-refractivity contribution in [2.45, 2.75) is 0 Å². The van der Waals surface area contributed by atoms with Gasteiger partial charge >= 0.3 is 0 Å². The standard InChI is InChI=1S/C66H34N8/c1-71-54-22-14-46(15-23-54)51-20-28-58-56-26-18-49(44-10-6-41(37-67)7-11-44)31-61(56)73(63(58)33-51)65-35-53(48-5-3-4-43(30-48)39-69)36-66(60(65)40-70)74-62-32-50(45-12-8-42(38-68)9-13-45)19-27-57(62)59-29-21-52(34-64(59)74)47-16-24-55(72-2)25-17-47/h3-36H. The summed E-state index contributed by atoms with van der Waals surface area (Å²) in [6.07, 6.45) is 0. The van der Waals surface area contributed by atoms with Gasteiger partial charge in [0.15, 0.2) is 11.4 Å². The second-order valence-corrected chi connectivity index (χ2v) is 18.0. The fraction of sp³-hybridized carbons (Fsp3) is 0. The lowest BCUT2D eigenvalue weighted by Crippen LogP contribution is -2.05. The van der Waals surface area contributed by atoms with Gasteiger partial charge in [0.05, 0.1) is 81.5 Å². The maximum atomic E-state index is 11.9. The molecule has 0 saturated carbocycles. The Morgan fingerprint density at radius 1 is 0.297 bits per heavy atom. The molecule has 0 spiro atoms. The van der Waals surface area contributed by atoms with Crippen LogP contribution < -0.4 is 0 Å². The summed E-state index contributed by atoms with van der Waals surface area (Å²) in [5.41, 5.74) is 16.7. The second kappa shape index (κ2) is 17.9. The Hall–Kier alpha value is -11.3. The lowest BCUT2D eigenvalue weighted by atomic mass is 9.98. The van der Waals surface area contributed by atoms with Gasteiger partial charge in [-0.15, -0.1) is 0 Å². The van der Waals surface area contributed by atoms with Crippen molar-refractivity contribution in [3.05, 3.63) is 251 Å². The van der Waals surface area contributed by atoms with Crippen LogP contribution in [0.4, 0.5) is 11.4 Å². The van der Waals surface area contributed by atoms with Crippen LogP contribution in [0.3, 0.4) is 0 Å². The van der Waals surface area contributed by atoms with E-state index in [9.17, 15) is 21.0 Å². The van der Waals surface area contributed by atoms with Crippen molar-refractivity contribution in [3.8, 4) is 91.3 Å². The Bertz CT molecular complexity index is 4080. The highest BCUT2D eigenvalue weighted by Gasteiger charge is 2.24. The zero-order chi connectivity index (χ0) is 50.5. The highest BCUT2D eigenvalue weighted by Crippen LogP contribution is 2.44. The zero-order valence-electron chi connectivity index (χ0n) is 39.2. The number of nitrogens with zero attached hydrogens (tertiary/aromatic N) is 8. The molecule has 2 heterocycles. The summed E-state index contributed by atoms with van der Waals surface area (Å²) in [5.74, 6) is 0. The number of rotatable bonds is 7. The zero-order valence-corrected chi connectivity index (χ0v) is 39.2. The Kier molecular flexibility index (Phi) is 10.7. The largest absolute Gasteiger partial charge is 0.308 e. The highest BCUT2D eigenvalue weighted by atomic mass is 15.0. The Labute approximate surface area is 425 Å². The fourth-order valence-electron chi connectivity index (χ4n) is 10.2. The van der Waals surface area contributed by atoms with Crippen molar-refractivity contribution in [3.63, 3.8) is 0 Å².